The summed E-state index contributed by atoms with van der Waals surface area (Å²) in [6.45, 7) is 2.33. The van der Waals surface area contributed by atoms with Gasteiger partial charge in [0.05, 0.1) is 0 Å². The van der Waals surface area contributed by atoms with Crippen LogP contribution in [0.3, 0.4) is 0 Å². The van der Waals surface area contributed by atoms with Gasteiger partial charge < -0.3 is 9.80 Å². The maximum Gasteiger partial charge on any atom is 0.252 e. The fourth-order valence-corrected chi connectivity index (χ4v) is 10.1. The number of benzene rings is 8. The van der Waals surface area contributed by atoms with Gasteiger partial charge in [-0.1, -0.05) is 158 Å². The molecule has 8 aromatic carbocycles. The van der Waals surface area contributed by atoms with Gasteiger partial charge in [0.2, 0.25) is 0 Å². The van der Waals surface area contributed by atoms with Crippen LogP contribution in [0.1, 0.15) is 49.1 Å². The standard InChI is InChI=1S/C55H45BN2/c1-38-29-30-52-50(31-38)56-49-27-14-15-28-51(49)57(47-26-16-25-43(33-47)39-17-6-2-7-18-39)53-36-46(42-23-12-5-13-24-42)37-54(55(53)56)58(52)48-34-44(40-19-8-3-9-20-40)32-45(35-48)41-21-10-4-11-22-41/h2-4,6-11,14-22,25-37,42H,5,12-13,23-24H2,1H3. The van der Waals surface area contributed by atoms with Gasteiger partial charge in [-0.25, -0.2) is 0 Å². The van der Waals surface area contributed by atoms with E-state index < -0.39 is 0 Å². The molecule has 0 N–H and O–H groups in total. The van der Waals surface area contributed by atoms with E-state index in [0.29, 0.717) is 5.92 Å². The van der Waals surface area contributed by atoms with Crippen LogP contribution >= 0.6 is 0 Å². The number of nitrogens with zero attached hydrogens (tertiary/aromatic N) is 2. The van der Waals surface area contributed by atoms with Crippen molar-refractivity contribution in [2.75, 3.05) is 9.80 Å². The molecule has 8 aromatic rings. The van der Waals surface area contributed by atoms with Gasteiger partial charge in [-0.15, -0.1) is 0 Å². The van der Waals surface area contributed by atoms with Gasteiger partial charge in [-0.05, 0) is 136 Å². The highest BCUT2D eigenvalue weighted by molar-refractivity contribution is 7.00. The number of aryl methyl sites for hydroxylation is 1. The highest BCUT2D eigenvalue weighted by Crippen LogP contribution is 2.48. The predicted octanol–water partition coefficient (Wildman–Crippen LogP) is 13.1. The van der Waals surface area contributed by atoms with Crippen molar-refractivity contribution >= 4 is 57.2 Å². The van der Waals surface area contributed by atoms with E-state index in [2.05, 4.69) is 205 Å². The average Bonchev–Trinajstić information content (AvgIpc) is 3.30. The molecule has 1 aliphatic carbocycles. The van der Waals surface area contributed by atoms with E-state index in [-0.39, 0.29) is 6.71 Å². The van der Waals surface area contributed by atoms with Crippen LogP contribution in [0.2, 0.25) is 0 Å². The molecule has 0 spiro atoms. The van der Waals surface area contributed by atoms with E-state index >= 15 is 0 Å². The predicted molar refractivity (Wildman–Crippen MR) is 247 cm³/mol. The Hall–Kier alpha value is -6.58. The van der Waals surface area contributed by atoms with E-state index in [9.17, 15) is 0 Å². The van der Waals surface area contributed by atoms with Crippen LogP contribution in [0.15, 0.2) is 188 Å². The molecular weight excluding hydrogens is 699 g/mol. The monoisotopic (exact) mass is 744 g/mol. The van der Waals surface area contributed by atoms with Crippen molar-refractivity contribution in [3.63, 3.8) is 0 Å². The van der Waals surface area contributed by atoms with Crippen molar-refractivity contribution < 1.29 is 0 Å². The second-order valence-corrected chi connectivity index (χ2v) is 16.4. The Morgan fingerprint density at radius 3 is 1.59 bits per heavy atom. The largest absolute Gasteiger partial charge is 0.311 e. The summed E-state index contributed by atoms with van der Waals surface area (Å²) in [7, 11) is 0. The zero-order valence-electron chi connectivity index (χ0n) is 33.0. The molecule has 1 saturated carbocycles. The maximum atomic E-state index is 2.61. The third kappa shape index (κ3) is 5.96. The molecule has 3 aliphatic rings. The fourth-order valence-electron chi connectivity index (χ4n) is 10.1. The van der Waals surface area contributed by atoms with Gasteiger partial charge in [-0.3, -0.25) is 0 Å². The lowest BCUT2D eigenvalue weighted by molar-refractivity contribution is 0.444. The number of fused-ring (bicyclic) bond motifs is 4. The first-order valence-corrected chi connectivity index (χ1v) is 21.1. The van der Waals surface area contributed by atoms with Crippen LogP contribution in [0.4, 0.5) is 34.1 Å². The molecule has 0 bridgehead atoms. The minimum absolute atomic E-state index is 0.0900. The molecule has 0 unspecified atom stereocenters. The van der Waals surface area contributed by atoms with Crippen molar-refractivity contribution in [3.05, 3.63) is 199 Å². The van der Waals surface area contributed by atoms with Crippen molar-refractivity contribution in [2.45, 2.75) is 44.9 Å². The van der Waals surface area contributed by atoms with Gasteiger partial charge in [0.1, 0.15) is 0 Å². The maximum absolute atomic E-state index is 2.61. The summed E-state index contributed by atoms with van der Waals surface area (Å²) in [5.41, 5.74) is 21.6. The van der Waals surface area contributed by atoms with E-state index in [4.69, 9.17) is 0 Å². The summed E-state index contributed by atoms with van der Waals surface area (Å²) in [6, 6.07) is 70.4. The Morgan fingerprint density at radius 2 is 0.931 bits per heavy atom. The summed E-state index contributed by atoms with van der Waals surface area (Å²) >= 11 is 0. The molecule has 58 heavy (non-hydrogen) atoms. The van der Waals surface area contributed by atoms with Gasteiger partial charge in [0.25, 0.3) is 6.71 Å². The second kappa shape index (κ2) is 14.4. The van der Waals surface area contributed by atoms with Crippen LogP contribution in [-0.4, -0.2) is 6.71 Å². The SMILES string of the molecule is Cc1ccc2c(c1)B1c3ccccc3N(c3cccc(-c4ccccc4)c3)c3cc(C4CCCCC4)cc(c31)N2c1cc(-c2ccccc2)cc(-c2ccccc2)c1. The molecule has 278 valence electrons. The van der Waals surface area contributed by atoms with Crippen molar-refractivity contribution in [1.82, 2.24) is 0 Å². The summed E-state index contributed by atoms with van der Waals surface area (Å²) in [5.74, 6) is 0.528. The Labute approximate surface area is 343 Å². The van der Waals surface area contributed by atoms with Gasteiger partial charge in [-0.2, -0.15) is 0 Å². The molecule has 2 nitrogen and oxygen atoms in total. The molecule has 0 saturated heterocycles. The van der Waals surface area contributed by atoms with E-state index in [1.807, 2.05) is 0 Å². The lowest BCUT2D eigenvalue weighted by Crippen LogP contribution is -2.61. The lowest BCUT2D eigenvalue weighted by atomic mass is 9.33. The molecule has 0 radical (unpaired) electrons. The summed E-state index contributed by atoms with van der Waals surface area (Å²) in [4.78, 5) is 5.19. The summed E-state index contributed by atoms with van der Waals surface area (Å²) in [5, 5.41) is 0. The normalized spacial score (nSPS) is 14.5. The van der Waals surface area contributed by atoms with Crippen molar-refractivity contribution in [1.29, 1.82) is 0 Å². The fraction of sp³-hybridized carbons (Fsp3) is 0.127. The molecule has 11 rings (SSSR count). The topological polar surface area (TPSA) is 6.48 Å². The van der Waals surface area contributed by atoms with Crippen LogP contribution in [0.25, 0.3) is 33.4 Å². The first-order chi connectivity index (χ1) is 28.7. The summed E-state index contributed by atoms with van der Waals surface area (Å²) in [6.07, 6.45) is 6.38. The Kier molecular flexibility index (Phi) is 8.62. The van der Waals surface area contributed by atoms with E-state index in [0.717, 1.165) is 0 Å². The van der Waals surface area contributed by atoms with E-state index in [1.54, 1.807) is 0 Å². The zero-order valence-corrected chi connectivity index (χ0v) is 33.0. The molecule has 0 aromatic heterocycles. The Bertz CT molecular complexity index is 2730. The van der Waals surface area contributed by atoms with Crippen molar-refractivity contribution in [3.8, 4) is 33.4 Å². The smallest absolute Gasteiger partial charge is 0.252 e. The van der Waals surface area contributed by atoms with Crippen LogP contribution in [-0.2, 0) is 0 Å². The molecule has 1 fully saturated rings. The molecule has 0 atom stereocenters. The molecule has 3 heteroatoms. The molecule has 0 amide bonds. The number of para-hydroxylation sites is 1. The number of hydrogen-bond donors (Lipinski definition) is 0. The minimum atomic E-state index is 0.0900. The Morgan fingerprint density at radius 1 is 0.397 bits per heavy atom. The van der Waals surface area contributed by atoms with Crippen LogP contribution in [0, 0.1) is 6.92 Å². The highest BCUT2D eigenvalue weighted by atomic mass is 15.2. The first kappa shape index (κ1) is 34.7. The number of anilines is 6. The zero-order chi connectivity index (χ0) is 38.6. The molecular formula is C55H45BN2. The van der Waals surface area contributed by atoms with Crippen LogP contribution in [0.5, 0.6) is 0 Å². The van der Waals surface area contributed by atoms with Gasteiger partial charge >= 0.3 is 0 Å². The summed E-state index contributed by atoms with van der Waals surface area (Å²) < 4.78 is 0. The Balaban J connectivity index is 1.21. The minimum Gasteiger partial charge on any atom is -0.311 e. The van der Waals surface area contributed by atoms with E-state index in [1.165, 1.54) is 127 Å². The molecule has 2 heterocycles. The molecule has 2 aliphatic heterocycles. The third-order valence-corrected chi connectivity index (χ3v) is 12.8. The van der Waals surface area contributed by atoms with Gasteiger partial charge in [0, 0.05) is 34.1 Å². The van der Waals surface area contributed by atoms with Crippen molar-refractivity contribution in [2.24, 2.45) is 0 Å². The highest BCUT2D eigenvalue weighted by Gasteiger charge is 2.44. The quantitative estimate of drug-likeness (QED) is 0.156. The van der Waals surface area contributed by atoms with Crippen LogP contribution < -0.4 is 26.2 Å². The number of hydrogen-bond acceptors (Lipinski definition) is 2. The second-order valence-electron chi connectivity index (χ2n) is 16.4. The third-order valence-electron chi connectivity index (χ3n) is 12.8. The van der Waals surface area contributed by atoms with Gasteiger partial charge in [0.15, 0.2) is 0 Å². The number of rotatable bonds is 6. The first-order valence-electron chi connectivity index (χ1n) is 21.1. The average molecular weight is 745 g/mol. The lowest BCUT2D eigenvalue weighted by Gasteiger charge is -2.45.